The SMILES string of the molecule is C=C1C[C@@H](C(=O)NC(CCC)C(=O)C(=O)NCC(=O)N[C@@H](C(=C)/C=C\C=C/C)C(=O)N(C)C)N(C(=O)[C@@H](NC(=O)OCC(C)C)C(C)(C)C)C1. The van der Waals surface area contributed by atoms with Crippen molar-refractivity contribution in [3.05, 3.63) is 48.6 Å². The molecule has 0 aromatic rings. The van der Waals surface area contributed by atoms with Crippen molar-refractivity contribution in [2.45, 2.75) is 91.9 Å². The second kappa shape index (κ2) is 20.1. The molecule has 0 bridgehead atoms. The van der Waals surface area contributed by atoms with Crippen molar-refractivity contribution in [3.63, 3.8) is 0 Å². The average molecular weight is 701 g/mol. The van der Waals surface area contributed by atoms with Crippen LogP contribution in [0.2, 0.25) is 0 Å². The first-order chi connectivity index (χ1) is 23.2. The minimum Gasteiger partial charge on any atom is -0.449 e. The quantitative estimate of drug-likeness (QED) is 0.101. The van der Waals surface area contributed by atoms with Crippen molar-refractivity contribution in [1.29, 1.82) is 0 Å². The van der Waals surface area contributed by atoms with Gasteiger partial charge < -0.3 is 35.8 Å². The van der Waals surface area contributed by atoms with Crippen LogP contribution >= 0.6 is 0 Å². The molecule has 1 unspecified atom stereocenters. The maximum Gasteiger partial charge on any atom is 0.407 e. The van der Waals surface area contributed by atoms with Gasteiger partial charge in [0.05, 0.1) is 19.2 Å². The van der Waals surface area contributed by atoms with Crippen LogP contribution in [0.4, 0.5) is 4.79 Å². The highest BCUT2D eigenvalue weighted by atomic mass is 16.5. The summed E-state index contributed by atoms with van der Waals surface area (Å²) in [6.45, 7) is 20.1. The molecule has 0 spiro atoms. The average Bonchev–Trinajstić information content (AvgIpc) is 3.43. The van der Waals surface area contributed by atoms with E-state index in [0.29, 0.717) is 17.6 Å². The molecule has 0 radical (unpaired) electrons. The number of allylic oxidation sites excluding steroid dienone is 3. The number of amides is 6. The Morgan fingerprint density at radius 1 is 1.04 bits per heavy atom. The van der Waals surface area contributed by atoms with Crippen LogP contribution in [0.5, 0.6) is 0 Å². The van der Waals surface area contributed by atoms with E-state index in [1.54, 1.807) is 52.0 Å². The number of nitrogens with one attached hydrogen (secondary N) is 4. The number of hydrogen-bond donors (Lipinski definition) is 4. The van der Waals surface area contributed by atoms with E-state index in [1.165, 1.54) is 23.9 Å². The van der Waals surface area contributed by atoms with Gasteiger partial charge in [0, 0.05) is 20.6 Å². The molecule has 14 nitrogen and oxygen atoms in total. The van der Waals surface area contributed by atoms with Crippen molar-refractivity contribution >= 4 is 41.4 Å². The Morgan fingerprint density at radius 2 is 1.68 bits per heavy atom. The highest BCUT2D eigenvalue weighted by molar-refractivity contribution is 6.38. The minimum atomic E-state index is -1.25. The van der Waals surface area contributed by atoms with Gasteiger partial charge in [0.15, 0.2) is 0 Å². The lowest BCUT2D eigenvalue weighted by Crippen LogP contribution is -2.59. The van der Waals surface area contributed by atoms with Crippen LogP contribution in [0.3, 0.4) is 0 Å². The number of ketones is 1. The smallest absolute Gasteiger partial charge is 0.407 e. The van der Waals surface area contributed by atoms with Crippen molar-refractivity contribution in [3.8, 4) is 0 Å². The van der Waals surface area contributed by atoms with Gasteiger partial charge in [-0.3, -0.25) is 28.8 Å². The first-order valence-electron chi connectivity index (χ1n) is 16.8. The van der Waals surface area contributed by atoms with Crippen LogP contribution in [0.15, 0.2) is 48.6 Å². The van der Waals surface area contributed by atoms with E-state index < -0.39 is 77.5 Å². The second-order valence-electron chi connectivity index (χ2n) is 14.0. The van der Waals surface area contributed by atoms with Crippen molar-refractivity contribution in [2.75, 3.05) is 33.8 Å². The zero-order valence-electron chi connectivity index (χ0n) is 31.0. The summed E-state index contributed by atoms with van der Waals surface area (Å²) in [5.41, 5.74) is 0.155. The predicted octanol–water partition coefficient (Wildman–Crippen LogP) is 2.17. The van der Waals surface area contributed by atoms with E-state index in [-0.39, 0.29) is 31.9 Å². The molecular weight excluding hydrogens is 644 g/mol. The van der Waals surface area contributed by atoms with E-state index in [0.717, 1.165) is 0 Å². The molecule has 0 saturated carbocycles. The zero-order valence-corrected chi connectivity index (χ0v) is 31.0. The monoisotopic (exact) mass is 700 g/mol. The molecule has 50 heavy (non-hydrogen) atoms. The Bertz CT molecular complexity index is 1360. The van der Waals surface area contributed by atoms with E-state index in [2.05, 4.69) is 34.4 Å². The molecule has 4 atom stereocenters. The Kier molecular flexibility index (Phi) is 17.4. The molecular formula is C36H56N6O8. The molecule has 6 amide bonds. The molecule has 14 heteroatoms. The van der Waals surface area contributed by atoms with Crippen LogP contribution in [-0.4, -0.2) is 109 Å². The lowest BCUT2D eigenvalue weighted by molar-refractivity contribution is -0.144. The molecule has 278 valence electrons. The number of nitrogens with zero attached hydrogens (tertiary/aromatic N) is 2. The number of Topliss-reactive ketones (excluding diaryl/α,β-unsaturated/α-hetero) is 1. The predicted molar refractivity (Wildman–Crippen MR) is 190 cm³/mol. The topological polar surface area (TPSA) is 183 Å². The molecule has 4 N–H and O–H groups in total. The molecule has 1 aliphatic heterocycles. The highest BCUT2D eigenvalue weighted by Crippen LogP contribution is 2.28. The molecule has 0 aromatic heterocycles. The van der Waals surface area contributed by atoms with Gasteiger partial charge >= 0.3 is 6.09 Å². The maximum atomic E-state index is 13.8. The standard InChI is InChI=1S/C36H56N6O8/c1-12-14-15-17-24(6)28(33(47)41(10)11)39-27(43)19-37-32(46)29(44)25(16-13-2)38-31(45)26-18-23(5)20-42(26)34(48)30(36(7,8)9)40-35(49)50-21-22(3)4/h12,14-15,17,22,25-26,28,30H,5-6,13,16,18-21H2,1-4,7-11H3,(H,37,46)(H,38,45)(H,39,43)(H,40,49)/b14-12-,17-15-/t25?,26-,28-,30+/m0/s1. The van der Waals surface area contributed by atoms with Crippen molar-refractivity contribution < 1.29 is 38.3 Å². The normalized spacial score (nSPS) is 16.5. The van der Waals surface area contributed by atoms with E-state index in [4.69, 9.17) is 4.74 Å². The van der Waals surface area contributed by atoms with E-state index in [9.17, 15) is 33.6 Å². The number of rotatable bonds is 17. The third-order valence-electron chi connectivity index (χ3n) is 7.58. The van der Waals surface area contributed by atoms with Crippen molar-refractivity contribution in [2.24, 2.45) is 11.3 Å². The van der Waals surface area contributed by atoms with Crippen LogP contribution in [0.1, 0.15) is 67.7 Å². The Labute approximate surface area is 296 Å². The Hall–Kier alpha value is -4.75. The molecule has 1 heterocycles. The van der Waals surface area contributed by atoms with E-state index in [1.807, 2.05) is 20.8 Å². The van der Waals surface area contributed by atoms with E-state index >= 15 is 0 Å². The molecule has 0 aliphatic carbocycles. The summed E-state index contributed by atoms with van der Waals surface area (Å²) in [7, 11) is 3.04. The lowest BCUT2D eigenvalue weighted by atomic mass is 9.85. The number of likely N-dealkylation sites (N-methyl/N-ethyl adjacent to an activating group) is 1. The summed E-state index contributed by atoms with van der Waals surface area (Å²) >= 11 is 0. The molecule has 0 aromatic carbocycles. The molecule has 1 aliphatic rings. The summed E-state index contributed by atoms with van der Waals surface area (Å²) in [4.78, 5) is 94.1. The first kappa shape index (κ1) is 43.3. The summed E-state index contributed by atoms with van der Waals surface area (Å²) in [5, 5.41) is 10.0. The summed E-state index contributed by atoms with van der Waals surface area (Å²) in [5.74, 6) is -4.38. The third-order valence-corrected chi connectivity index (χ3v) is 7.58. The van der Waals surface area contributed by atoms with Gasteiger partial charge in [-0.05, 0) is 36.7 Å². The van der Waals surface area contributed by atoms with Crippen LogP contribution in [0, 0.1) is 11.3 Å². The number of alkyl carbamates (subject to hydrolysis) is 1. The second-order valence-corrected chi connectivity index (χ2v) is 14.0. The molecule has 1 fully saturated rings. The van der Waals surface area contributed by atoms with Gasteiger partial charge in [-0.2, -0.15) is 0 Å². The van der Waals surface area contributed by atoms with Gasteiger partial charge in [-0.15, -0.1) is 0 Å². The highest BCUT2D eigenvalue weighted by Gasteiger charge is 2.44. The first-order valence-corrected chi connectivity index (χ1v) is 16.8. The fourth-order valence-corrected chi connectivity index (χ4v) is 4.88. The van der Waals surface area contributed by atoms with Gasteiger partial charge in [0.25, 0.3) is 5.91 Å². The van der Waals surface area contributed by atoms with Crippen LogP contribution in [-0.2, 0) is 33.5 Å². The maximum absolute atomic E-state index is 13.8. The fourth-order valence-electron chi connectivity index (χ4n) is 4.88. The lowest BCUT2D eigenvalue weighted by Gasteiger charge is -2.35. The number of carbonyl (C=O) groups is 7. The summed E-state index contributed by atoms with van der Waals surface area (Å²) in [6, 6.07) is -4.44. The molecule has 1 rings (SSSR count). The van der Waals surface area contributed by atoms with Gasteiger partial charge in [-0.1, -0.05) is 91.0 Å². The number of hydrogen-bond acceptors (Lipinski definition) is 8. The number of ether oxygens (including phenoxy) is 1. The largest absolute Gasteiger partial charge is 0.449 e. The van der Waals surface area contributed by atoms with Gasteiger partial charge in [-0.25, -0.2) is 4.79 Å². The van der Waals surface area contributed by atoms with Crippen LogP contribution in [0.25, 0.3) is 0 Å². The van der Waals surface area contributed by atoms with Crippen LogP contribution < -0.4 is 21.3 Å². The van der Waals surface area contributed by atoms with Gasteiger partial charge in [0.2, 0.25) is 29.4 Å². The number of carbonyl (C=O) groups excluding carboxylic acids is 7. The summed E-state index contributed by atoms with van der Waals surface area (Å²) < 4.78 is 5.22. The molecule has 1 saturated heterocycles. The van der Waals surface area contributed by atoms with Crippen molar-refractivity contribution in [1.82, 2.24) is 31.1 Å². The number of likely N-dealkylation sites (tertiary alicyclic amines) is 1. The van der Waals surface area contributed by atoms with Gasteiger partial charge in [0.1, 0.15) is 18.1 Å². The Balaban J connectivity index is 3.05. The fraction of sp³-hybridized carbons (Fsp3) is 0.583. The zero-order chi connectivity index (χ0) is 38.3. The minimum absolute atomic E-state index is 0.0586. The summed E-state index contributed by atoms with van der Waals surface area (Å²) in [6.07, 6.45) is 6.64. The Morgan fingerprint density at radius 3 is 2.22 bits per heavy atom. The third kappa shape index (κ3) is 13.6.